The van der Waals surface area contributed by atoms with Crippen LogP contribution >= 0.6 is 15.9 Å². The van der Waals surface area contributed by atoms with E-state index in [0.717, 1.165) is 35.7 Å². The van der Waals surface area contributed by atoms with Crippen molar-refractivity contribution in [3.63, 3.8) is 0 Å². The molecule has 1 aliphatic rings. The number of piperidine rings is 1. The predicted molar refractivity (Wildman–Crippen MR) is 73.2 cm³/mol. The van der Waals surface area contributed by atoms with Gasteiger partial charge in [-0.25, -0.2) is 4.98 Å². The molecular formula is C12H18BrN3O. The van der Waals surface area contributed by atoms with E-state index in [-0.39, 0.29) is 0 Å². The zero-order valence-corrected chi connectivity index (χ0v) is 11.6. The summed E-state index contributed by atoms with van der Waals surface area (Å²) in [5, 5.41) is 0. The highest BCUT2D eigenvalue weighted by Gasteiger charge is 2.22. The topological polar surface area (TPSA) is 51.4 Å². The number of pyridine rings is 1. The Hall–Kier alpha value is -0.810. The third-order valence-electron chi connectivity index (χ3n) is 3.08. The van der Waals surface area contributed by atoms with Crippen LogP contribution < -0.4 is 10.6 Å². The summed E-state index contributed by atoms with van der Waals surface area (Å²) in [6, 6.07) is 1.91. The second-order valence-corrected chi connectivity index (χ2v) is 5.39. The highest BCUT2D eigenvalue weighted by Crippen LogP contribution is 2.27. The average molecular weight is 300 g/mol. The molecule has 1 atom stereocenters. The molecule has 2 heterocycles. The average Bonchev–Trinajstić information content (AvgIpc) is 2.29. The van der Waals surface area contributed by atoms with Gasteiger partial charge >= 0.3 is 0 Å². The maximum Gasteiger partial charge on any atom is 0.151 e. The Balaban J connectivity index is 2.10. The summed E-state index contributed by atoms with van der Waals surface area (Å²) in [5.41, 5.74) is 6.74. The molecule has 0 amide bonds. The summed E-state index contributed by atoms with van der Waals surface area (Å²) in [6.45, 7) is 2.82. The van der Waals surface area contributed by atoms with Gasteiger partial charge in [0.05, 0.1) is 12.3 Å². The number of ether oxygens (including phenoxy) is 1. The Kier molecular flexibility index (Phi) is 4.23. The Morgan fingerprint density at radius 3 is 3.18 bits per heavy atom. The van der Waals surface area contributed by atoms with Crippen molar-refractivity contribution in [2.45, 2.75) is 12.8 Å². The second kappa shape index (κ2) is 5.69. The van der Waals surface area contributed by atoms with Gasteiger partial charge in [-0.3, -0.25) is 0 Å². The van der Waals surface area contributed by atoms with E-state index >= 15 is 0 Å². The maximum absolute atomic E-state index is 6.01. The first kappa shape index (κ1) is 12.6. The molecule has 0 spiro atoms. The van der Waals surface area contributed by atoms with E-state index in [1.165, 1.54) is 12.8 Å². The standard InChI is InChI=1S/C12H18BrN3O/c1-17-8-9-3-2-4-16(7-9)12-11(14)5-10(13)6-15-12/h5-6,9H,2-4,7-8,14H2,1H3. The first-order valence-electron chi connectivity index (χ1n) is 5.85. The van der Waals surface area contributed by atoms with Crippen molar-refractivity contribution in [1.29, 1.82) is 0 Å². The van der Waals surface area contributed by atoms with Crippen LogP contribution in [-0.4, -0.2) is 31.8 Å². The van der Waals surface area contributed by atoms with Gasteiger partial charge in [-0.2, -0.15) is 0 Å². The van der Waals surface area contributed by atoms with E-state index in [1.807, 2.05) is 6.07 Å². The molecule has 2 N–H and O–H groups in total. The summed E-state index contributed by atoms with van der Waals surface area (Å²) in [6.07, 6.45) is 4.19. The molecule has 1 aromatic rings. The van der Waals surface area contributed by atoms with Crippen molar-refractivity contribution in [2.24, 2.45) is 5.92 Å². The number of nitrogen functional groups attached to an aromatic ring is 1. The van der Waals surface area contributed by atoms with Gasteiger partial charge in [-0.15, -0.1) is 0 Å². The minimum Gasteiger partial charge on any atom is -0.396 e. The van der Waals surface area contributed by atoms with Crippen LogP contribution in [0.3, 0.4) is 0 Å². The van der Waals surface area contributed by atoms with Crippen molar-refractivity contribution < 1.29 is 4.74 Å². The second-order valence-electron chi connectivity index (χ2n) is 4.48. The van der Waals surface area contributed by atoms with Crippen LogP contribution in [0.25, 0.3) is 0 Å². The summed E-state index contributed by atoms with van der Waals surface area (Å²) >= 11 is 3.38. The number of hydrogen-bond acceptors (Lipinski definition) is 4. The molecule has 4 nitrogen and oxygen atoms in total. The third-order valence-corrected chi connectivity index (χ3v) is 3.52. The third kappa shape index (κ3) is 3.10. The summed E-state index contributed by atoms with van der Waals surface area (Å²) in [7, 11) is 1.76. The minimum atomic E-state index is 0.582. The highest BCUT2D eigenvalue weighted by molar-refractivity contribution is 9.10. The number of aromatic nitrogens is 1. The van der Waals surface area contributed by atoms with E-state index in [0.29, 0.717) is 5.92 Å². The number of nitrogens with zero attached hydrogens (tertiary/aromatic N) is 2. The molecule has 1 saturated heterocycles. The van der Waals surface area contributed by atoms with Crippen molar-refractivity contribution >= 4 is 27.4 Å². The molecule has 0 bridgehead atoms. The lowest BCUT2D eigenvalue weighted by molar-refractivity contribution is 0.143. The van der Waals surface area contributed by atoms with Crippen LogP contribution in [0, 0.1) is 5.92 Å². The summed E-state index contributed by atoms with van der Waals surface area (Å²) < 4.78 is 6.15. The molecule has 1 fully saturated rings. The van der Waals surface area contributed by atoms with Crippen molar-refractivity contribution in [1.82, 2.24) is 4.98 Å². The predicted octanol–water partition coefficient (Wildman–Crippen LogP) is 2.29. The molecule has 0 aliphatic carbocycles. The van der Waals surface area contributed by atoms with Gasteiger partial charge in [0.15, 0.2) is 5.82 Å². The Labute approximate surface area is 110 Å². The lowest BCUT2D eigenvalue weighted by Gasteiger charge is -2.33. The van der Waals surface area contributed by atoms with Gasteiger partial charge in [0.2, 0.25) is 0 Å². The molecule has 94 valence electrons. The quantitative estimate of drug-likeness (QED) is 0.930. The van der Waals surface area contributed by atoms with Crippen LogP contribution in [0.1, 0.15) is 12.8 Å². The SMILES string of the molecule is COCC1CCCN(c2ncc(Br)cc2N)C1. The van der Waals surface area contributed by atoms with Crippen LogP contribution in [0.4, 0.5) is 11.5 Å². The number of methoxy groups -OCH3 is 1. The molecule has 1 aromatic heterocycles. The first-order valence-corrected chi connectivity index (χ1v) is 6.65. The largest absolute Gasteiger partial charge is 0.396 e. The Bertz CT molecular complexity index is 384. The van der Waals surface area contributed by atoms with Gasteiger partial charge in [0, 0.05) is 30.9 Å². The lowest BCUT2D eigenvalue weighted by atomic mass is 9.99. The fourth-order valence-corrected chi connectivity index (χ4v) is 2.69. The zero-order chi connectivity index (χ0) is 12.3. The van der Waals surface area contributed by atoms with E-state index < -0.39 is 0 Å². The van der Waals surface area contributed by atoms with E-state index in [4.69, 9.17) is 10.5 Å². The zero-order valence-electron chi connectivity index (χ0n) is 10.0. The van der Waals surface area contributed by atoms with Crippen LogP contribution in [-0.2, 0) is 4.74 Å². The molecule has 0 aromatic carbocycles. The highest BCUT2D eigenvalue weighted by atomic mass is 79.9. The molecule has 1 unspecified atom stereocenters. The minimum absolute atomic E-state index is 0.582. The Morgan fingerprint density at radius 1 is 1.65 bits per heavy atom. The number of nitrogens with two attached hydrogens (primary N) is 1. The molecule has 0 radical (unpaired) electrons. The van der Waals surface area contributed by atoms with Gasteiger partial charge in [-0.05, 0) is 40.8 Å². The van der Waals surface area contributed by atoms with Crippen LogP contribution in [0.2, 0.25) is 0 Å². The van der Waals surface area contributed by atoms with Crippen molar-refractivity contribution in [3.8, 4) is 0 Å². The van der Waals surface area contributed by atoms with E-state index in [9.17, 15) is 0 Å². The first-order chi connectivity index (χ1) is 8.20. The van der Waals surface area contributed by atoms with Crippen LogP contribution in [0.5, 0.6) is 0 Å². The normalized spacial score (nSPS) is 20.6. The van der Waals surface area contributed by atoms with Crippen molar-refractivity contribution in [3.05, 3.63) is 16.7 Å². The lowest BCUT2D eigenvalue weighted by Crippen LogP contribution is -2.38. The molecule has 2 rings (SSSR count). The fourth-order valence-electron chi connectivity index (χ4n) is 2.34. The van der Waals surface area contributed by atoms with Gasteiger partial charge < -0.3 is 15.4 Å². The summed E-state index contributed by atoms with van der Waals surface area (Å²) in [4.78, 5) is 6.67. The summed E-state index contributed by atoms with van der Waals surface area (Å²) in [5.74, 6) is 1.48. The van der Waals surface area contributed by atoms with Crippen molar-refractivity contribution in [2.75, 3.05) is 37.4 Å². The van der Waals surface area contributed by atoms with Gasteiger partial charge in [0.1, 0.15) is 0 Å². The number of halogens is 1. The molecule has 5 heteroatoms. The number of rotatable bonds is 3. The maximum atomic E-state index is 6.01. The smallest absolute Gasteiger partial charge is 0.151 e. The molecule has 1 aliphatic heterocycles. The Morgan fingerprint density at radius 2 is 2.47 bits per heavy atom. The van der Waals surface area contributed by atoms with Gasteiger partial charge in [0.25, 0.3) is 0 Å². The number of anilines is 2. The van der Waals surface area contributed by atoms with E-state index in [2.05, 4.69) is 25.8 Å². The van der Waals surface area contributed by atoms with Crippen LogP contribution in [0.15, 0.2) is 16.7 Å². The number of hydrogen-bond donors (Lipinski definition) is 1. The molecular weight excluding hydrogens is 282 g/mol. The van der Waals surface area contributed by atoms with E-state index in [1.54, 1.807) is 13.3 Å². The molecule has 17 heavy (non-hydrogen) atoms. The monoisotopic (exact) mass is 299 g/mol. The fraction of sp³-hybridized carbons (Fsp3) is 0.583. The molecule has 0 saturated carbocycles. The van der Waals surface area contributed by atoms with Gasteiger partial charge in [-0.1, -0.05) is 0 Å².